The number of halogens is 2. The molecule has 0 aliphatic carbocycles. The number of para-hydroxylation sites is 2. The number of fused-ring (bicyclic) bond motifs is 3. The van der Waals surface area contributed by atoms with E-state index in [1.807, 2.05) is 42.5 Å². The first-order valence-electron chi connectivity index (χ1n) is 6.59. The third kappa shape index (κ3) is 2.10. The Balaban J connectivity index is 2.09. The van der Waals surface area contributed by atoms with Gasteiger partial charge in [-0.3, -0.25) is 0 Å². The molecule has 0 radical (unpaired) electrons. The molecule has 0 saturated carbocycles. The Bertz CT molecular complexity index is 949. The lowest BCUT2D eigenvalue weighted by atomic mass is 10.0. The van der Waals surface area contributed by atoms with Crippen LogP contribution in [0.5, 0.6) is 0 Å². The van der Waals surface area contributed by atoms with E-state index in [-0.39, 0.29) is 0 Å². The molecule has 1 heterocycles. The molecule has 0 N–H and O–H groups in total. The second-order valence-electron chi connectivity index (χ2n) is 4.94. The molecule has 0 fully saturated rings. The van der Waals surface area contributed by atoms with Crippen molar-refractivity contribution in [3.63, 3.8) is 0 Å². The quantitative estimate of drug-likeness (QED) is 0.388. The third-order valence-electron chi connectivity index (χ3n) is 3.58. The fourth-order valence-corrected chi connectivity index (χ4v) is 3.21. The Labute approximate surface area is 131 Å². The van der Waals surface area contributed by atoms with Crippen LogP contribution in [0.4, 0.5) is 0 Å². The van der Waals surface area contributed by atoms with Crippen molar-refractivity contribution in [1.82, 2.24) is 0 Å². The van der Waals surface area contributed by atoms with Crippen molar-refractivity contribution in [1.29, 1.82) is 0 Å². The minimum atomic E-state index is 0.616. The van der Waals surface area contributed by atoms with Crippen molar-refractivity contribution >= 4 is 45.1 Å². The van der Waals surface area contributed by atoms with Crippen molar-refractivity contribution in [2.24, 2.45) is 0 Å². The maximum Gasteiger partial charge on any atom is 0.143 e. The highest BCUT2D eigenvalue weighted by Gasteiger charge is 2.12. The molecular formula is C18H10Cl2O. The van der Waals surface area contributed by atoms with Gasteiger partial charge >= 0.3 is 0 Å². The van der Waals surface area contributed by atoms with Crippen LogP contribution in [0.25, 0.3) is 33.1 Å². The highest BCUT2D eigenvalue weighted by atomic mass is 35.5. The number of hydrogen-bond donors (Lipinski definition) is 0. The molecule has 0 aliphatic rings. The molecule has 0 amide bonds. The van der Waals surface area contributed by atoms with E-state index in [1.165, 1.54) is 0 Å². The molecule has 21 heavy (non-hydrogen) atoms. The zero-order valence-electron chi connectivity index (χ0n) is 10.9. The predicted molar refractivity (Wildman–Crippen MR) is 89.2 cm³/mol. The number of rotatable bonds is 1. The number of benzene rings is 3. The highest BCUT2D eigenvalue weighted by molar-refractivity contribution is 6.35. The lowest BCUT2D eigenvalue weighted by molar-refractivity contribution is 0.670. The number of hydrogen-bond acceptors (Lipinski definition) is 1. The maximum absolute atomic E-state index is 6.11. The summed E-state index contributed by atoms with van der Waals surface area (Å²) in [6, 6.07) is 19.7. The summed E-state index contributed by atoms with van der Waals surface area (Å²) < 4.78 is 6.03. The van der Waals surface area contributed by atoms with Crippen LogP contribution in [0.15, 0.2) is 65.1 Å². The fraction of sp³-hybridized carbons (Fsp3) is 0. The van der Waals surface area contributed by atoms with Gasteiger partial charge in [0.15, 0.2) is 0 Å². The van der Waals surface area contributed by atoms with Crippen molar-refractivity contribution in [2.45, 2.75) is 0 Å². The highest BCUT2D eigenvalue weighted by Crippen LogP contribution is 2.37. The van der Waals surface area contributed by atoms with Crippen LogP contribution in [0.3, 0.4) is 0 Å². The molecule has 102 valence electrons. The summed E-state index contributed by atoms with van der Waals surface area (Å²) in [7, 11) is 0. The molecule has 0 saturated heterocycles. The van der Waals surface area contributed by atoms with Gasteiger partial charge in [-0.2, -0.15) is 0 Å². The summed E-state index contributed by atoms with van der Waals surface area (Å²) >= 11 is 12.2. The second kappa shape index (κ2) is 4.80. The fourth-order valence-electron chi connectivity index (χ4n) is 2.68. The van der Waals surface area contributed by atoms with Gasteiger partial charge in [-0.1, -0.05) is 59.6 Å². The van der Waals surface area contributed by atoms with Crippen molar-refractivity contribution in [3.05, 3.63) is 70.7 Å². The van der Waals surface area contributed by atoms with Crippen LogP contribution in [-0.2, 0) is 0 Å². The van der Waals surface area contributed by atoms with Gasteiger partial charge in [-0.15, -0.1) is 0 Å². The van der Waals surface area contributed by atoms with Crippen LogP contribution in [-0.4, -0.2) is 0 Å². The van der Waals surface area contributed by atoms with Gasteiger partial charge in [-0.05, 0) is 29.8 Å². The molecule has 3 heteroatoms. The molecule has 3 aromatic carbocycles. The average Bonchev–Trinajstić information content (AvgIpc) is 2.84. The van der Waals surface area contributed by atoms with E-state index in [4.69, 9.17) is 27.6 Å². The van der Waals surface area contributed by atoms with Gasteiger partial charge in [0.05, 0.1) is 0 Å². The van der Waals surface area contributed by atoms with Crippen molar-refractivity contribution < 1.29 is 4.42 Å². The first kappa shape index (κ1) is 12.8. The third-order valence-corrected chi connectivity index (χ3v) is 4.01. The first-order chi connectivity index (χ1) is 10.2. The summed E-state index contributed by atoms with van der Waals surface area (Å²) in [5.74, 6) is 0. The summed E-state index contributed by atoms with van der Waals surface area (Å²) in [6.45, 7) is 0. The van der Waals surface area contributed by atoms with Crippen LogP contribution in [0.2, 0.25) is 10.0 Å². The van der Waals surface area contributed by atoms with Crippen LogP contribution in [0, 0.1) is 0 Å². The van der Waals surface area contributed by atoms with Gasteiger partial charge in [0, 0.05) is 26.4 Å². The standard InChI is InChI=1S/C18H10Cl2O/c19-12-8-11(9-13(20)10-12)14-5-3-6-16-15-4-1-2-7-17(15)21-18(14)16/h1-10H. The Kier molecular flexibility index (Phi) is 2.91. The van der Waals surface area contributed by atoms with E-state index in [0.29, 0.717) is 10.0 Å². The largest absolute Gasteiger partial charge is 0.455 e. The summed E-state index contributed by atoms with van der Waals surface area (Å²) in [4.78, 5) is 0. The molecule has 4 aromatic rings. The predicted octanol–water partition coefficient (Wildman–Crippen LogP) is 6.56. The summed E-state index contributed by atoms with van der Waals surface area (Å²) in [5.41, 5.74) is 3.69. The number of furan rings is 1. The lowest BCUT2D eigenvalue weighted by Crippen LogP contribution is -1.79. The summed E-state index contributed by atoms with van der Waals surface area (Å²) in [5, 5.41) is 3.44. The molecule has 0 unspecified atom stereocenters. The minimum Gasteiger partial charge on any atom is -0.455 e. The lowest BCUT2D eigenvalue weighted by Gasteiger charge is -2.04. The second-order valence-corrected chi connectivity index (χ2v) is 5.81. The monoisotopic (exact) mass is 312 g/mol. The van der Waals surface area contributed by atoms with E-state index >= 15 is 0 Å². The molecule has 0 spiro atoms. The molecule has 1 nitrogen and oxygen atoms in total. The molecule has 1 aromatic heterocycles. The van der Waals surface area contributed by atoms with E-state index in [1.54, 1.807) is 6.07 Å². The smallest absolute Gasteiger partial charge is 0.143 e. The Morgan fingerprint density at radius 2 is 1.43 bits per heavy atom. The van der Waals surface area contributed by atoms with E-state index in [9.17, 15) is 0 Å². The zero-order valence-corrected chi connectivity index (χ0v) is 12.4. The Morgan fingerprint density at radius 3 is 2.24 bits per heavy atom. The van der Waals surface area contributed by atoms with Crippen molar-refractivity contribution in [2.75, 3.05) is 0 Å². The van der Waals surface area contributed by atoms with Gasteiger partial charge in [-0.25, -0.2) is 0 Å². The normalized spacial score (nSPS) is 11.3. The average molecular weight is 313 g/mol. The molecule has 0 atom stereocenters. The topological polar surface area (TPSA) is 13.1 Å². The van der Waals surface area contributed by atoms with E-state index in [0.717, 1.165) is 33.1 Å². The van der Waals surface area contributed by atoms with E-state index < -0.39 is 0 Å². The van der Waals surface area contributed by atoms with Crippen LogP contribution < -0.4 is 0 Å². The molecule has 0 aliphatic heterocycles. The first-order valence-corrected chi connectivity index (χ1v) is 7.35. The SMILES string of the molecule is Clc1cc(Cl)cc(-c2cccc3c2oc2ccccc23)c1. The van der Waals surface area contributed by atoms with Crippen molar-refractivity contribution in [3.8, 4) is 11.1 Å². The molecule has 4 rings (SSSR count). The summed E-state index contributed by atoms with van der Waals surface area (Å²) in [6.07, 6.45) is 0. The zero-order chi connectivity index (χ0) is 14.4. The van der Waals surface area contributed by atoms with E-state index in [2.05, 4.69) is 12.1 Å². The van der Waals surface area contributed by atoms with Crippen LogP contribution in [0.1, 0.15) is 0 Å². The van der Waals surface area contributed by atoms with Gasteiger partial charge < -0.3 is 4.42 Å². The minimum absolute atomic E-state index is 0.616. The molecular weight excluding hydrogens is 303 g/mol. The van der Waals surface area contributed by atoms with Gasteiger partial charge in [0.1, 0.15) is 11.2 Å². The van der Waals surface area contributed by atoms with Gasteiger partial charge in [0.25, 0.3) is 0 Å². The van der Waals surface area contributed by atoms with Gasteiger partial charge in [0.2, 0.25) is 0 Å². The maximum atomic E-state index is 6.11. The Morgan fingerprint density at radius 1 is 0.714 bits per heavy atom. The van der Waals surface area contributed by atoms with Crippen LogP contribution >= 0.6 is 23.2 Å². The molecule has 0 bridgehead atoms. The Hall–Kier alpha value is -1.96.